The highest BCUT2D eigenvalue weighted by Gasteiger charge is 2.16. The summed E-state index contributed by atoms with van der Waals surface area (Å²) < 4.78 is 12.5. The highest BCUT2D eigenvalue weighted by atomic mass is 79.9. The Bertz CT molecular complexity index is 447. The van der Waals surface area contributed by atoms with Crippen LogP contribution in [0.3, 0.4) is 0 Å². The Morgan fingerprint density at radius 1 is 1.14 bits per heavy atom. The average molecular weight is 358 g/mol. The van der Waals surface area contributed by atoms with E-state index in [0.717, 1.165) is 35.4 Å². The lowest BCUT2D eigenvalue weighted by molar-refractivity contribution is 0.275. The maximum absolute atomic E-state index is 5.80. The summed E-state index contributed by atoms with van der Waals surface area (Å²) in [7, 11) is 0. The van der Waals surface area contributed by atoms with Gasteiger partial charge in [-0.1, -0.05) is 13.8 Å². The SMILES string of the molecule is CCCOc1c(Br)cc(CNC(C)(C)CC)cc1OCC. The van der Waals surface area contributed by atoms with Crippen LogP contribution >= 0.6 is 15.9 Å². The minimum atomic E-state index is 0.135. The van der Waals surface area contributed by atoms with Gasteiger partial charge in [-0.3, -0.25) is 0 Å². The monoisotopic (exact) mass is 357 g/mol. The smallest absolute Gasteiger partial charge is 0.175 e. The molecule has 0 bridgehead atoms. The average Bonchev–Trinajstić information content (AvgIpc) is 2.45. The van der Waals surface area contributed by atoms with E-state index < -0.39 is 0 Å². The first-order valence-electron chi connectivity index (χ1n) is 7.76. The first-order valence-corrected chi connectivity index (χ1v) is 8.55. The predicted octanol–water partition coefficient (Wildman–Crippen LogP) is 4.91. The molecule has 0 aliphatic carbocycles. The third-order valence-corrected chi connectivity index (χ3v) is 4.06. The van der Waals surface area contributed by atoms with Gasteiger partial charge in [0.15, 0.2) is 11.5 Å². The molecule has 0 saturated carbocycles. The van der Waals surface area contributed by atoms with Crippen LogP contribution < -0.4 is 14.8 Å². The Kier molecular flexibility index (Phi) is 7.53. The van der Waals surface area contributed by atoms with Gasteiger partial charge >= 0.3 is 0 Å². The van der Waals surface area contributed by atoms with Gasteiger partial charge in [0.2, 0.25) is 0 Å². The highest BCUT2D eigenvalue weighted by molar-refractivity contribution is 9.10. The van der Waals surface area contributed by atoms with Crippen LogP contribution in [-0.2, 0) is 6.54 Å². The van der Waals surface area contributed by atoms with Crippen LogP contribution in [-0.4, -0.2) is 18.8 Å². The molecule has 0 unspecified atom stereocenters. The lowest BCUT2D eigenvalue weighted by Crippen LogP contribution is -2.37. The van der Waals surface area contributed by atoms with Crippen molar-refractivity contribution < 1.29 is 9.47 Å². The molecule has 4 heteroatoms. The maximum atomic E-state index is 5.80. The zero-order valence-electron chi connectivity index (χ0n) is 13.9. The van der Waals surface area contributed by atoms with Gasteiger partial charge < -0.3 is 14.8 Å². The highest BCUT2D eigenvalue weighted by Crippen LogP contribution is 2.37. The molecule has 0 spiro atoms. The fourth-order valence-electron chi connectivity index (χ4n) is 1.80. The minimum absolute atomic E-state index is 0.135. The molecule has 0 amide bonds. The van der Waals surface area contributed by atoms with Crippen molar-refractivity contribution in [3.05, 3.63) is 22.2 Å². The fourth-order valence-corrected chi connectivity index (χ4v) is 2.40. The first-order chi connectivity index (χ1) is 9.93. The van der Waals surface area contributed by atoms with Crippen molar-refractivity contribution >= 4 is 15.9 Å². The zero-order valence-corrected chi connectivity index (χ0v) is 15.5. The molecule has 21 heavy (non-hydrogen) atoms. The van der Waals surface area contributed by atoms with E-state index in [2.05, 4.69) is 61.1 Å². The van der Waals surface area contributed by atoms with E-state index in [1.807, 2.05) is 6.92 Å². The summed E-state index contributed by atoms with van der Waals surface area (Å²) >= 11 is 3.60. The van der Waals surface area contributed by atoms with E-state index >= 15 is 0 Å². The summed E-state index contributed by atoms with van der Waals surface area (Å²) in [5.41, 5.74) is 1.33. The molecule has 0 heterocycles. The van der Waals surface area contributed by atoms with Crippen LogP contribution in [0, 0.1) is 0 Å². The molecule has 3 nitrogen and oxygen atoms in total. The van der Waals surface area contributed by atoms with E-state index in [1.54, 1.807) is 0 Å². The summed E-state index contributed by atoms with van der Waals surface area (Å²) in [5.74, 6) is 1.61. The Balaban J connectivity index is 2.92. The number of halogens is 1. The van der Waals surface area contributed by atoms with Gasteiger partial charge in [0, 0.05) is 12.1 Å². The largest absolute Gasteiger partial charge is 0.490 e. The standard InChI is InChI=1S/C17H28BrNO2/c1-6-9-21-16-14(18)10-13(11-15(16)20-8-3)12-19-17(4,5)7-2/h10-11,19H,6-9,12H2,1-5H3. The van der Waals surface area contributed by atoms with Gasteiger partial charge in [0.25, 0.3) is 0 Å². The van der Waals surface area contributed by atoms with E-state index in [4.69, 9.17) is 9.47 Å². The van der Waals surface area contributed by atoms with Gasteiger partial charge in [-0.15, -0.1) is 0 Å². The molecule has 1 N–H and O–H groups in total. The summed E-state index contributed by atoms with van der Waals surface area (Å²) in [6.07, 6.45) is 2.07. The Labute approximate surface area is 137 Å². The topological polar surface area (TPSA) is 30.5 Å². The van der Waals surface area contributed by atoms with Crippen molar-refractivity contribution in [1.82, 2.24) is 5.32 Å². The molecule has 0 aliphatic heterocycles. The van der Waals surface area contributed by atoms with Crippen LogP contribution in [0.5, 0.6) is 11.5 Å². The van der Waals surface area contributed by atoms with Gasteiger partial charge in [-0.2, -0.15) is 0 Å². The Hall–Kier alpha value is -0.740. The molecule has 0 aromatic heterocycles. The zero-order chi connectivity index (χ0) is 15.9. The van der Waals surface area contributed by atoms with Crippen LogP contribution in [0.4, 0.5) is 0 Å². The van der Waals surface area contributed by atoms with Crippen LogP contribution in [0.25, 0.3) is 0 Å². The number of nitrogens with one attached hydrogen (secondary N) is 1. The molecule has 0 saturated heterocycles. The van der Waals surface area contributed by atoms with E-state index in [0.29, 0.717) is 13.2 Å². The van der Waals surface area contributed by atoms with Crippen LogP contribution in [0.1, 0.15) is 53.0 Å². The maximum Gasteiger partial charge on any atom is 0.175 e. The Morgan fingerprint density at radius 3 is 2.43 bits per heavy atom. The normalized spacial score (nSPS) is 11.5. The van der Waals surface area contributed by atoms with Gasteiger partial charge in [0.05, 0.1) is 17.7 Å². The van der Waals surface area contributed by atoms with Gasteiger partial charge in [-0.05, 0) is 67.2 Å². The first kappa shape index (κ1) is 18.3. The molecule has 1 aromatic rings. The quantitative estimate of drug-likeness (QED) is 0.680. The summed E-state index contributed by atoms with van der Waals surface area (Å²) in [6, 6.07) is 4.17. The second kappa shape index (κ2) is 8.64. The molecular weight excluding hydrogens is 330 g/mol. The lowest BCUT2D eigenvalue weighted by atomic mass is 10.0. The van der Waals surface area contributed by atoms with E-state index in [1.165, 1.54) is 5.56 Å². The number of hydrogen-bond acceptors (Lipinski definition) is 3. The molecule has 1 rings (SSSR count). The van der Waals surface area contributed by atoms with Crippen molar-refractivity contribution in [3.8, 4) is 11.5 Å². The van der Waals surface area contributed by atoms with E-state index in [9.17, 15) is 0 Å². The number of rotatable bonds is 9. The summed E-state index contributed by atoms with van der Waals surface area (Å²) in [5, 5.41) is 3.57. The molecular formula is C17H28BrNO2. The molecule has 0 atom stereocenters. The number of ether oxygens (including phenoxy) is 2. The molecule has 1 aromatic carbocycles. The fraction of sp³-hybridized carbons (Fsp3) is 0.647. The minimum Gasteiger partial charge on any atom is -0.490 e. The van der Waals surface area contributed by atoms with Crippen molar-refractivity contribution in [3.63, 3.8) is 0 Å². The van der Waals surface area contributed by atoms with Crippen molar-refractivity contribution in [2.45, 2.75) is 59.5 Å². The molecule has 0 radical (unpaired) electrons. The number of benzene rings is 1. The summed E-state index contributed by atoms with van der Waals surface area (Å²) in [6.45, 7) is 12.8. The molecule has 0 fully saturated rings. The second-order valence-corrected chi connectivity index (χ2v) is 6.63. The van der Waals surface area contributed by atoms with Crippen molar-refractivity contribution in [2.24, 2.45) is 0 Å². The second-order valence-electron chi connectivity index (χ2n) is 5.78. The predicted molar refractivity (Wildman–Crippen MR) is 92.3 cm³/mol. The van der Waals surface area contributed by atoms with E-state index in [-0.39, 0.29) is 5.54 Å². The van der Waals surface area contributed by atoms with Crippen molar-refractivity contribution in [1.29, 1.82) is 0 Å². The van der Waals surface area contributed by atoms with Gasteiger partial charge in [0.1, 0.15) is 0 Å². The lowest BCUT2D eigenvalue weighted by Gasteiger charge is -2.25. The third kappa shape index (κ3) is 5.87. The summed E-state index contributed by atoms with van der Waals surface area (Å²) in [4.78, 5) is 0. The van der Waals surface area contributed by atoms with Crippen LogP contribution in [0.15, 0.2) is 16.6 Å². The van der Waals surface area contributed by atoms with Crippen LogP contribution in [0.2, 0.25) is 0 Å². The number of hydrogen-bond donors (Lipinski definition) is 1. The Morgan fingerprint density at radius 2 is 1.86 bits per heavy atom. The van der Waals surface area contributed by atoms with Gasteiger partial charge in [-0.25, -0.2) is 0 Å². The molecule has 120 valence electrons. The van der Waals surface area contributed by atoms with Crippen molar-refractivity contribution in [2.75, 3.05) is 13.2 Å². The molecule has 0 aliphatic rings. The third-order valence-electron chi connectivity index (χ3n) is 3.47.